The maximum absolute atomic E-state index is 12.7. The molecule has 44 heavy (non-hydrogen) atoms. The van der Waals surface area contributed by atoms with Crippen molar-refractivity contribution in [3.05, 3.63) is 94.5 Å². The van der Waals surface area contributed by atoms with Crippen LogP contribution in [0.3, 0.4) is 0 Å². The van der Waals surface area contributed by atoms with Crippen molar-refractivity contribution in [1.82, 2.24) is 21.5 Å². The summed E-state index contributed by atoms with van der Waals surface area (Å²) in [4.78, 5) is 59.9. The normalized spacial score (nSPS) is 12.2. The molecule has 0 saturated heterocycles. The number of aliphatic carboxylic acids is 1. The van der Waals surface area contributed by atoms with E-state index in [0.29, 0.717) is 23.4 Å². The van der Waals surface area contributed by atoms with Crippen molar-refractivity contribution in [3.8, 4) is 11.1 Å². The van der Waals surface area contributed by atoms with E-state index in [9.17, 15) is 24.0 Å². The Balaban J connectivity index is 1.21. The highest BCUT2D eigenvalue weighted by atomic mass is 35.5. The van der Waals surface area contributed by atoms with E-state index in [1.54, 1.807) is 24.3 Å². The van der Waals surface area contributed by atoms with E-state index in [1.807, 2.05) is 48.5 Å². The van der Waals surface area contributed by atoms with Gasteiger partial charge in [-0.1, -0.05) is 78.3 Å². The Hall–Kier alpha value is -5.10. The topological polar surface area (TPSA) is 172 Å². The number of carboxylic acids is 1. The van der Waals surface area contributed by atoms with E-state index < -0.39 is 36.0 Å². The maximum atomic E-state index is 12.7. The number of hydrogen-bond donors (Lipinski definition) is 5. The third kappa shape index (κ3) is 8.48. The number of fused-ring (bicyclic) bond motifs is 3. The van der Waals surface area contributed by atoms with E-state index in [2.05, 4.69) is 21.5 Å². The summed E-state index contributed by atoms with van der Waals surface area (Å²) in [5, 5.41) is 14.1. The van der Waals surface area contributed by atoms with Gasteiger partial charge in [-0.2, -0.15) is 0 Å². The number of carbonyl (C=O) groups excluding carboxylic acids is 4. The first-order chi connectivity index (χ1) is 21.2. The number of halogens is 1. The fraction of sp³-hybridized carbons (Fsp3) is 0.258. The average molecular weight is 623 g/mol. The Kier molecular flexibility index (Phi) is 11.1. The van der Waals surface area contributed by atoms with Gasteiger partial charge in [0.05, 0.1) is 0 Å². The number of alkyl carbamates (subject to hydrolysis) is 1. The van der Waals surface area contributed by atoms with Crippen LogP contribution in [-0.2, 0) is 30.5 Å². The van der Waals surface area contributed by atoms with Crippen LogP contribution in [-0.4, -0.2) is 54.3 Å². The highest BCUT2D eigenvalue weighted by molar-refractivity contribution is 6.32. The predicted octanol–water partition coefficient (Wildman–Crippen LogP) is 3.88. The van der Waals surface area contributed by atoms with Crippen molar-refractivity contribution < 1.29 is 38.6 Å². The van der Waals surface area contributed by atoms with Gasteiger partial charge in [0.1, 0.15) is 19.3 Å². The lowest BCUT2D eigenvalue weighted by molar-refractivity contribution is -0.151. The lowest BCUT2D eigenvalue weighted by atomic mass is 9.98. The van der Waals surface area contributed by atoms with E-state index in [1.165, 1.54) is 0 Å². The first kappa shape index (κ1) is 31.8. The number of carbonyl (C=O) groups is 5. The molecule has 0 radical (unpaired) electrons. The molecule has 1 aliphatic rings. The maximum Gasteiger partial charge on any atom is 0.426 e. The number of amides is 4. The van der Waals surface area contributed by atoms with Crippen LogP contribution >= 0.6 is 11.6 Å². The second-order valence-electron chi connectivity index (χ2n) is 9.86. The van der Waals surface area contributed by atoms with Gasteiger partial charge >= 0.3 is 24.1 Å². The van der Waals surface area contributed by atoms with Crippen molar-refractivity contribution in [2.45, 2.75) is 37.8 Å². The summed E-state index contributed by atoms with van der Waals surface area (Å²) in [5.74, 6) is -4.18. The zero-order chi connectivity index (χ0) is 31.5. The number of ether oxygens (including phenoxy) is 2. The Morgan fingerprint density at radius 1 is 0.795 bits per heavy atom. The minimum Gasteiger partial charge on any atom is -0.474 e. The summed E-state index contributed by atoms with van der Waals surface area (Å²) in [6, 6.07) is 21.3. The molecular formula is C31H31ClN4O8. The van der Waals surface area contributed by atoms with Crippen LogP contribution in [0.25, 0.3) is 11.1 Å². The molecule has 0 aliphatic heterocycles. The van der Waals surface area contributed by atoms with Gasteiger partial charge in [0.25, 0.3) is 5.91 Å². The second-order valence-corrected chi connectivity index (χ2v) is 10.3. The Morgan fingerprint density at radius 3 is 2.09 bits per heavy atom. The van der Waals surface area contributed by atoms with Crippen LogP contribution in [0.1, 0.15) is 41.9 Å². The molecule has 0 saturated carbocycles. The zero-order valence-corrected chi connectivity index (χ0v) is 24.3. The highest BCUT2D eigenvalue weighted by Gasteiger charge is 2.29. The standard InChI is InChI=1S/C31H31ClN4O8/c32-25-14-6-1-9-19(25)17-43-30(41)33-16-8-7-15-26(34-28(38)29(39)40)27(37)35-36-31(42)44-18-24-22-12-4-2-10-20(22)21-11-3-5-13-23(21)24/h1-6,9-14,24,26H,7-8,15-18H2,(H,33,41)(H,34,38)(H,35,37)(H,36,42)(H,39,40)/t26-/m1/s1. The van der Waals surface area contributed by atoms with Gasteiger partial charge in [-0.25, -0.2) is 19.8 Å². The summed E-state index contributed by atoms with van der Waals surface area (Å²) < 4.78 is 10.5. The second kappa shape index (κ2) is 15.4. The first-order valence-electron chi connectivity index (χ1n) is 13.8. The SMILES string of the molecule is O=C(NCCCC[C@@H](NC(=O)C(=O)O)C(=O)NNC(=O)OCC1c2ccccc2-c2ccccc21)OCc1ccccc1Cl. The molecule has 12 nitrogen and oxygen atoms in total. The molecule has 5 N–H and O–H groups in total. The van der Waals surface area contributed by atoms with E-state index >= 15 is 0 Å². The Morgan fingerprint density at radius 2 is 1.43 bits per heavy atom. The number of hydrogen-bond acceptors (Lipinski definition) is 7. The van der Waals surface area contributed by atoms with E-state index in [-0.39, 0.29) is 32.1 Å². The van der Waals surface area contributed by atoms with Gasteiger partial charge < -0.3 is 25.2 Å². The largest absolute Gasteiger partial charge is 0.474 e. The van der Waals surface area contributed by atoms with Crippen LogP contribution in [0.2, 0.25) is 5.02 Å². The van der Waals surface area contributed by atoms with Gasteiger partial charge in [0, 0.05) is 23.0 Å². The number of unbranched alkanes of at least 4 members (excludes halogenated alkanes) is 1. The summed E-state index contributed by atoms with van der Waals surface area (Å²) in [7, 11) is 0. The lowest BCUT2D eigenvalue weighted by Crippen LogP contribution is -2.53. The van der Waals surface area contributed by atoms with Crippen molar-refractivity contribution in [2.24, 2.45) is 0 Å². The van der Waals surface area contributed by atoms with Gasteiger partial charge in [0.15, 0.2) is 0 Å². The van der Waals surface area contributed by atoms with E-state index in [4.69, 9.17) is 26.2 Å². The summed E-state index contributed by atoms with van der Waals surface area (Å²) in [5.41, 5.74) is 9.12. The van der Waals surface area contributed by atoms with Crippen LogP contribution in [0, 0.1) is 0 Å². The Labute approximate surface area is 258 Å². The van der Waals surface area contributed by atoms with Crippen molar-refractivity contribution in [2.75, 3.05) is 13.2 Å². The Bertz CT molecular complexity index is 1490. The minimum atomic E-state index is -1.77. The number of rotatable bonds is 11. The molecule has 0 heterocycles. The van der Waals surface area contributed by atoms with Crippen molar-refractivity contribution >= 4 is 41.6 Å². The van der Waals surface area contributed by atoms with Gasteiger partial charge in [-0.05, 0) is 47.6 Å². The molecule has 4 rings (SSSR count). The quantitative estimate of drug-likeness (QED) is 0.122. The van der Waals surface area contributed by atoms with Gasteiger partial charge in [-0.3, -0.25) is 15.0 Å². The molecule has 1 atom stereocenters. The molecule has 0 bridgehead atoms. The summed E-state index contributed by atoms with van der Waals surface area (Å²) >= 11 is 6.04. The summed E-state index contributed by atoms with van der Waals surface area (Å²) in [6.07, 6.45) is -0.872. The monoisotopic (exact) mass is 622 g/mol. The van der Waals surface area contributed by atoms with E-state index in [0.717, 1.165) is 22.3 Å². The highest BCUT2D eigenvalue weighted by Crippen LogP contribution is 2.44. The molecule has 3 aromatic carbocycles. The van der Waals surface area contributed by atoms with Crippen LogP contribution in [0.5, 0.6) is 0 Å². The summed E-state index contributed by atoms with van der Waals surface area (Å²) in [6.45, 7) is 0.203. The molecule has 0 unspecified atom stereocenters. The van der Waals surface area contributed by atoms with Crippen LogP contribution in [0.15, 0.2) is 72.8 Å². The molecule has 1 aliphatic carbocycles. The van der Waals surface area contributed by atoms with Crippen molar-refractivity contribution in [3.63, 3.8) is 0 Å². The molecule has 13 heteroatoms. The van der Waals surface area contributed by atoms with Crippen LogP contribution in [0.4, 0.5) is 9.59 Å². The minimum absolute atomic E-state index is 0.00829. The number of nitrogens with one attached hydrogen (secondary N) is 4. The predicted molar refractivity (Wildman–Crippen MR) is 159 cm³/mol. The van der Waals surface area contributed by atoms with Gasteiger partial charge in [0.2, 0.25) is 0 Å². The molecule has 4 amide bonds. The molecular weight excluding hydrogens is 592 g/mol. The molecule has 0 fully saturated rings. The van der Waals surface area contributed by atoms with Crippen LogP contribution < -0.4 is 21.5 Å². The average Bonchev–Trinajstić information content (AvgIpc) is 3.34. The molecule has 3 aromatic rings. The number of hydrazine groups is 1. The fourth-order valence-corrected chi connectivity index (χ4v) is 4.99. The smallest absolute Gasteiger partial charge is 0.426 e. The molecule has 230 valence electrons. The molecule has 0 spiro atoms. The zero-order valence-electron chi connectivity index (χ0n) is 23.5. The fourth-order valence-electron chi connectivity index (χ4n) is 4.80. The first-order valence-corrected chi connectivity index (χ1v) is 14.2. The third-order valence-corrected chi connectivity index (χ3v) is 7.32. The van der Waals surface area contributed by atoms with Gasteiger partial charge in [-0.15, -0.1) is 0 Å². The van der Waals surface area contributed by atoms with Crippen molar-refractivity contribution in [1.29, 1.82) is 0 Å². The third-order valence-electron chi connectivity index (χ3n) is 6.95. The number of benzene rings is 3. The lowest BCUT2D eigenvalue weighted by Gasteiger charge is -2.18. The molecule has 0 aromatic heterocycles. The number of carboxylic acid groups (broad SMARTS) is 1.